The van der Waals surface area contributed by atoms with E-state index in [4.69, 9.17) is 33.9 Å². The first-order valence-corrected chi connectivity index (χ1v) is 28.9. The summed E-state index contributed by atoms with van der Waals surface area (Å²) in [5.74, 6) is 0.506. The smallest absolute Gasteiger partial charge is 0.155 e. The molecule has 21 heteroatoms. The van der Waals surface area contributed by atoms with Gasteiger partial charge < -0.3 is 84.7 Å². The third-order valence-electron chi connectivity index (χ3n) is 18.2. The second-order valence-corrected chi connectivity index (χ2v) is 25.0. The number of hydrogen-bond acceptors (Lipinski definition) is 16. The van der Waals surface area contributed by atoms with Gasteiger partial charge in [0.25, 0.3) is 0 Å². The summed E-state index contributed by atoms with van der Waals surface area (Å²) >= 11 is 0. The van der Waals surface area contributed by atoms with Gasteiger partial charge >= 0.3 is 0 Å². The number of fused-ring (bicyclic) bond motifs is 2. The van der Waals surface area contributed by atoms with E-state index >= 15 is 0 Å². The fourth-order valence-corrected chi connectivity index (χ4v) is 16.9. The minimum absolute atomic E-state index is 0. The van der Waals surface area contributed by atoms with Crippen molar-refractivity contribution >= 4 is 51.4 Å². The fraction of sp³-hybridized carbons (Fsp3) is 0.493. The summed E-state index contributed by atoms with van der Waals surface area (Å²) in [5, 5.41) is 59.4. The van der Waals surface area contributed by atoms with E-state index in [1.165, 1.54) is 18.2 Å². The zero-order valence-electron chi connectivity index (χ0n) is 51.8. The molecule has 0 aliphatic heterocycles. The molecule has 16 nitrogen and oxygen atoms in total. The minimum atomic E-state index is -0.865. The van der Waals surface area contributed by atoms with Gasteiger partial charge in [-0.1, -0.05) is 66.7 Å². The van der Waals surface area contributed by atoms with Crippen LogP contribution in [0.4, 0.5) is 0 Å². The van der Waals surface area contributed by atoms with Crippen LogP contribution in [-0.4, -0.2) is 115 Å². The maximum absolute atomic E-state index is 11.4. The molecule has 6 unspecified atom stereocenters. The van der Waals surface area contributed by atoms with Gasteiger partial charge in [0, 0.05) is 210 Å². The number of hydrogen-bond donors (Lipinski definition) is 6. The molecule has 12 saturated carbocycles. The van der Waals surface area contributed by atoms with Gasteiger partial charge in [-0.25, -0.2) is 0 Å². The van der Waals surface area contributed by atoms with Crippen molar-refractivity contribution in [3.05, 3.63) is 154 Å². The van der Waals surface area contributed by atoms with Gasteiger partial charge in [0.2, 0.25) is 0 Å². The van der Waals surface area contributed by atoms with E-state index in [1.54, 1.807) is 6.07 Å². The molecule has 6 atom stereocenters. The Morgan fingerprint density at radius 3 is 1.24 bits per heavy atom. The summed E-state index contributed by atoms with van der Waals surface area (Å²) in [7, 11) is 2.00. The Labute approximate surface area is 655 Å². The quantitative estimate of drug-likeness (QED) is 0.0254. The van der Waals surface area contributed by atoms with Crippen LogP contribution in [-0.2, 0) is 213 Å². The molecule has 0 amide bonds. The Hall–Kier alpha value is -1.27. The number of aliphatic hydroxyl groups excluding tert-OH is 3. The summed E-state index contributed by atoms with van der Waals surface area (Å²) in [6.07, 6.45) is 26.2. The monoisotopic (exact) mass is 1610 g/mol. The van der Waals surface area contributed by atoms with E-state index in [2.05, 4.69) is 63.3 Å². The number of rotatable bonds is 12. The number of ether oxygens (including phenoxy) is 5. The summed E-state index contributed by atoms with van der Waals surface area (Å²) in [4.78, 5) is 55.9. The van der Waals surface area contributed by atoms with Crippen LogP contribution in [0, 0.1) is 65.4 Å². The Kier molecular flexibility index (Phi) is 35.3. The normalized spacial score (nSPS) is 30.8. The van der Waals surface area contributed by atoms with E-state index in [0.29, 0.717) is 67.9 Å². The predicted molar refractivity (Wildman–Crippen MR) is 315 cm³/mol. The van der Waals surface area contributed by atoms with Gasteiger partial charge in [-0.3, -0.25) is 56.9 Å². The molecule has 90 heavy (non-hydrogen) atoms. The van der Waals surface area contributed by atoms with Crippen LogP contribution in [0.2, 0.25) is 0 Å². The van der Waals surface area contributed by atoms with Crippen LogP contribution >= 0.6 is 0 Å². The number of carbonyl (C=O) groups is 5. The van der Waals surface area contributed by atoms with Crippen molar-refractivity contribution in [2.75, 3.05) is 20.8 Å². The van der Waals surface area contributed by atoms with Crippen molar-refractivity contribution in [3.63, 3.8) is 0 Å². The molecule has 0 heterocycles. The topological polar surface area (TPSA) is 253 Å². The van der Waals surface area contributed by atoms with Gasteiger partial charge in [0.15, 0.2) is 5.97 Å². The first-order chi connectivity index (χ1) is 40.6. The van der Waals surface area contributed by atoms with Gasteiger partial charge in [0.1, 0.15) is 53.0 Å². The number of benzene rings is 4. The second kappa shape index (κ2) is 37.5. The van der Waals surface area contributed by atoms with Crippen LogP contribution in [0.5, 0.6) is 5.75 Å². The maximum atomic E-state index is 11.4. The molecule has 16 rings (SSSR count). The first-order valence-electron chi connectivity index (χ1n) is 28.9. The molecule has 12 fully saturated rings. The molecule has 0 saturated heterocycles. The Morgan fingerprint density at radius 2 is 0.811 bits per heavy atom. The van der Waals surface area contributed by atoms with Gasteiger partial charge in [-0.05, 0) is 170 Å². The van der Waals surface area contributed by atoms with E-state index < -0.39 is 57.9 Å². The number of esters is 5. The molecule has 4 aromatic carbocycles. The third kappa shape index (κ3) is 22.4. The Morgan fingerprint density at radius 1 is 0.433 bits per heavy atom. The van der Waals surface area contributed by atoms with E-state index in [0.717, 1.165) is 100 Å². The molecule has 12 aliphatic carbocycles. The fourth-order valence-electron chi connectivity index (χ4n) is 16.9. The van der Waals surface area contributed by atoms with E-state index in [-0.39, 0.29) is 194 Å². The number of carbonyl (C=O) groups excluding carboxylic acids is 5. The summed E-state index contributed by atoms with van der Waals surface area (Å²) < 4.78 is 26.4. The summed E-state index contributed by atoms with van der Waals surface area (Å²) in [6.45, 7) is 16.9. The summed E-state index contributed by atoms with van der Waals surface area (Å²) in [5.41, 5.74) is -2.77. The van der Waals surface area contributed by atoms with Crippen molar-refractivity contribution < 1.29 is 242 Å². The standard InChI is InChI=1S/C14H19O3.C14H11O2.C13H17O4.C13H17O3.C13H9O2.2CH4O.5Y/c1-2-12(16)17-14-6-10-3-11(7-14)5-13(4-10,8-14)9-15;1-2-14(15)16-10-11-7-8-12-5-3-4-6-13(12)9-11;1-2-10(14)17-13-5-9-3-11(15,7-13)6-12(16,4-9)8-13;1-2-11(14)16-13-6-9-3-10(7-13)5-12(15,4-9)8-13;1-2-13(14)15-12-8-7-10-5-3-4-6-11(10)9-12;2*1-2;;;;;/h10-11,15H,1,3-9H2;3-9H,1,10H2;9,15-16H,1,3-8H2;9-10,15H,1,3-8H2;3-9H,1H2;2*2H,1H3;;;;;/q5*-1;;;;;;;. The van der Waals surface area contributed by atoms with Crippen molar-refractivity contribution in [1.29, 1.82) is 0 Å². The van der Waals surface area contributed by atoms with Crippen LogP contribution in [0.1, 0.15) is 121 Å². The van der Waals surface area contributed by atoms with E-state index in [9.17, 15) is 44.4 Å². The minimum Gasteiger partial charge on any atom is -0.485 e. The molecular weight excluding hydrogens is 1530 g/mol. The molecule has 473 valence electrons. The molecule has 6 N–H and O–H groups in total. The zero-order chi connectivity index (χ0) is 61.9. The van der Waals surface area contributed by atoms with Crippen LogP contribution in [0.15, 0.2) is 118 Å². The SMILES string of the molecule is C=[C-]C(=O)OC12CC3CC(CC(CO)(C3)C1)C2.C=[C-]C(=O)OC12CC3CC(CC(O)(C3)C1)C2.C=[C-]C(=O)OC12CC3CC(O)(CC(O)(C3)C1)C2.C=[C-]C(=O)OCc1ccc2ccccc2c1.C=[C-]C(=O)Oc1ccc2ccccc2c1.CO.CO.[Y].[Y].[Y].[Y].[Y]. The maximum Gasteiger partial charge on any atom is 0.155 e. The van der Waals surface area contributed by atoms with Crippen molar-refractivity contribution in [1.82, 2.24) is 0 Å². The second-order valence-electron chi connectivity index (χ2n) is 25.0. The molecule has 5 radical (unpaired) electrons. The zero-order valence-corrected chi connectivity index (χ0v) is 66.0. The average molecular weight is 1610 g/mol. The molecule has 12 aliphatic rings. The molecule has 0 spiro atoms. The summed E-state index contributed by atoms with van der Waals surface area (Å²) in [6, 6.07) is 27.3. The Balaban J connectivity index is 0.000000373. The van der Waals surface area contributed by atoms with Crippen molar-refractivity contribution in [3.8, 4) is 5.75 Å². The van der Waals surface area contributed by atoms with Gasteiger partial charge in [-0.15, -0.1) is 0 Å². The van der Waals surface area contributed by atoms with Gasteiger partial charge in [-0.2, -0.15) is 0 Å². The van der Waals surface area contributed by atoms with Crippen LogP contribution in [0.25, 0.3) is 21.5 Å². The molecule has 0 aromatic heterocycles. The molecule has 4 aromatic rings. The average Bonchev–Trinajstić information content (AvgIpc) is 0.741. The van der Waals surface area contributed by atoms with Crippen molar-refractivity contribution in [2.24, 2.45) is 35.0 Å². The van der Waals surface area contributed by atoms with Crippen molar-refractivity contribution in [2.45, 2.75) is 156 Å². The predicted octanol–water partition coefficient (Wildman–Crippen LogP) is 8.98. The first kappa shape index (κ1) is 84.8. The molecular formula is C69H81O16Y5-5. The van der Waals surface area contributed by atoms with Gasteiger partial charge in [0.05, 0.1) is 16.8 Å². The van der Waals surface area contributed by atoms with E-state index in [1.807, 2.05) is 78.9 Å². The third-order valence-corrected chi connectivity index (χ3v) is 18.2. The van der Waals surface area contributed by atoms with Crippen LogP contribution < -0.4 is 4.74 Å². The Bertz CT molecular complexity index is 3070. The molecule has 12 bridgehead atoms. The largest absolute Gasteiger partial charge is 0.485 e. The van der Waals surface area contributed by atoms with Crippen LogP contribution in [0.3, 0.4) is 0 Å². The number of aliphatic hydroxyl groups is 6.